The molecule has 1 aromatic rings. The Morgan fingerprint density at radius 3 is 1.82 bits per heavy atom. The Bertz CT molecular complexity index is 1010. The van der Waals surface area contributed by atoms with Gasteiger partial charge >= 0.3 is 24.0 Å². The number of amides is 3. The van der Waals surface area contributed by atoms with Crippen molar-refractivity contribution in [3.05, 3.63) is 35.9 Å². The van der Waals surface area contributed by atoms with Crippen LogP contribution in [0.1, 0.15) is 66.4 Å². The molecule has 1 saturated heterocycles. The first-order chi connectivity index (χ1) is 17.6. The lowest BCUT2D eigenvalue weighted by molar-refractivity contribution is -0.199. The Hall–Kier alpha value is -3.96. The number of imide groups is 1. The summed E-state index contributed by atoms with van der Waals surface area (Å²) in [5, 5.41) is 2.55. The number of rotatable bonds is 9. The van der Waals surface area contributed by atoms with E-state index in [0.717, 1.165) is 0 Å². The maximum absolute atomic E-state index is 13.0. The largest absolute Gasteiger partial charge is 0.459 e. The second-order valence-corrected chi connectivity index (χ2v) is 10.6. The van der Waals surface area contributed by atoms with Gasteiger partial charge in [-0.3, -0.25) is 19.2 Å². The number of alkyl carbamates (subject to hydrolysis) is 1. The van der Waals surface area contributed by atoms with Crippen molar-refractivity contribution in [2.75, 3.05) is 0 Å². The van der Waals surface area contributed by atoms with Crippen LogP contribution in [-0.4, -0.2) is 58.1 Å². The average Bonchev–Trinajstić information content (AvgIpc) is 3.10. The van der Waals surface area contributed by atoms with E-state index < -0.39 is 65.4 Å². The van der Waals surface area contributed by atoms with E-state index in [1.807, 2.05) is 0 Å². The zero-order valence-electron chi connectivity index (χ0n) is 22.4. The molecule has 0 aliphatic carbocycles. The van der Waals surface area contributed by atoms with Crippen LogP contribution in [0.2, 0.25) is 0 Å². The summed E-state index contributed by atoms with van der Waals surface area (Å²) in [4.78, 5) is 80.3. The van der Waals surface area contributed by atoms with Gasteiger partial charge in [0.2, 0.25) is 0 Å². The number of nitrogens with zero attached hydrogens (tertiary/aromatic N) is 1. The zero-order chi connectivity index (χ0) is 28.7. The van der Waals surface area contributed by atoms with Crippen molar-refractivity contribution < 1.29 is 47.8 Å². The van der Waals surface area contributed by atoms with Gasteiger partial charge in [-0.2, -0.15) is 0 Å². The summed E-state index contributed by atoms with van der Waals surface area (Å²) in [6.07, 6.45) is -2.02. The number of hydroxylamine groups is 2. The Morgan fingerprint density at radius 1 is 0.842 bits per heavy atom. The van der Waals surface area contributed by atoms with Crippen LogP contribution in [0.15, 0.2) is 30.3 Å². The molecule has 1 aliphatic heterocycles. The molecule has 12 nitrogen and oxygen atoms in total. The summed E-state index contributed by atoms with van der Waals surface area (Å²) >= 11 is 0. The smallest absolute Gasteiger partial charge is 0.408 e. The van der Waals surface area contributed by atoms with E-state index in [1.165, 1.54) is 0 Å². The zero-order valence-corrected chi connectivity index (χ0v) is 22.4. The topological polar surface area (TPSA) is 155 Å². The van der Waals surface area contributed by atoms with Gasteiger partial charge in [0.15, 0.2) is 5.92 Å². The standard InChI is InChI=1S/C26H34N2O10/c1-25(2,3)36-21(31)17(22(32)37-26(4,5)6)14-18(23(33)38-28-19(29)12-13-20(28)30)27-24(34)35-15-16-10-8-7-9-11-16/h7-11,17-18H,12-15H2,1-6H3,(H,27,34)/t18-/m1/s1. The number of carbonyl (C=O) groups is 6. The fraction of sp³-hybridized carbons (Fsp3) is 0.538. The summed E-state index contributed by atoms with van der Waals surface area (Å²) in [6, 6.07) is 7.00. The molecule has 12 heteroatoms. The molecule has 1 aromatic carbocycles. The van der Waals surface area contributed by atoms with Crippen LogP contribution < -0.4 is 5.32 Å². The van der Waals surface area contributed by atoms with Gasteiger partial charge in [0.25, 0.3) is 11.8 Å². The van der Waals surface area contributed by atoms with Crippen LogP contribution in [-0.2, 0) is 49.6 Å². The molecule has 0 radical (unpaired) electrons. The van der Waals surface area contributed by atoms with E-state index in [2.05, 4.69) is 5.32 Å². The molecule has 38 heavy (non-hydrogen) atoms. The summed E-state index contributed by atoms with van der Waals surface area (Å²) in [7, 11) is 0. The van der Waals surface area contributed by atoms with Gasteiger partial charge < -0.3 is 24.4 Å². The summed E-state index contributed by atoms with van der Waals surface area (Å²) in [5.74, 6) is -6.42. The van der Waals surface area contributed by atoms with Crippen molar-refractivity contribution in [2.45, 2.75) is 84.7 Å². The van der Waals surface area contributed by atoms with Gasteiger partial charge in [-0.15, -0.1) is 5.06 Å². The van der Waals surface area contributed by atoms with E-state index in [1.54, 1.807) is 71.9 Å². The van der Waals surface area contributed by atoms with Gasteiger partial charge in [0.1, 0.15) is 23.9 Å². The molecule has 1 atom stereocenters. The average molecular weight is 535 g/mol. The maximum atomic E-state index is 13.0. The quantitative estimate of drug-likeness (QED) is 0.216. The number of benzene rings is 1. The third-order valence-corrected chi connectivity index (χ3v) is 4.83. The highest BCUT2D eigenvalue weighted by Crippen LogP contribution is 2.22. The molecular formula is C26H34N2O10. The molecule has 0 saturated carbocycles. The number of hydrogen-bond donors (Lipinski definition) is 1. The minimum absolute atomic E-state index is 0.140. The Balaban J connectivity index is 2.28. The van der Waals surface area contributed by atoms with Crippen molar-refractivity contribution in [3.8, 4) is 0 Å². The highest BCUT2D eigenvalue weighted by Gasteiger charge is 2.41. The first-order valence-corrected chi connectivity index (χ1v) is 12.1. The van der Waals surface area contributed by atoms with Gasteiger partial charge in [-0.1, -0.05) is 30.3 Å². The lowest BCUT2D eigenvalue weighted by Crippen LogP contribution is -2.49. The van der Waals surface area contributed by atoms with Crippen LogP contribution in [0, 0.1) is 5.92 Å². The van der Waals surface area contributed by atoms with Crippen LogP contribution in [0.25, 0.3) is 0 Å². The first kappa shape index (κ1) is 30.3. The Kier molecular flexibility index (Phi) is 9.97. The minimum atomic E-state index is -1.69. The normalized spacial score (nSPS) is 14.7. The van der Waals surface area contributed by atoms with E-state index in [4.69, 9.17) is 19.0 Å². The fourth-order valence-corrected chi connectivity index (χ4v) is 3.20. The SMILES string of the molecule is CC(C)(C)OC(=O)C(C[C@@H](NC(=O)OCc1ccccc1)C(=O)ON1C(=O)CCC1=O)C(=O)OC(C)(C)C. The van der Waals surface area contributed by atoms with Crippen molar-refractivity contribution in [2.24, 2.45) is 5.92 Å². The molecule has 0 bridgehead atoms. The van der Waals surface area contributed by atoms with Crippen molar-refractivity contribution in [1.82, 2.24) is 10.4 Å². The third-order valence-electron chi connectivity index (χ3n) is 4.83. The highest BCUT2D eigenvalue weighted by atomic mass is 16.7. The van der Waals surface area contributed by atoms with E-state index >= 15 is 0 Å². The molecule has 1 fully saturated rings. The summed E-state index contributed by atoms with van der Waals surface area (Å²) in [5.41, 5.74) is -1.30. The van der Waals surface area contributed by atoms with E-state index in [-0.39, 0.29) is 19.4 Å². The summed E-state index contributed by atoms with van der Waals surface area (Å²) < 4.78 is 15.8. The number of nitrogens with one attached hydrogen (secondary N) is 1. The molecule has 1 heterocycles. The monoisotopic (exact) mass is 534 g/mol. The fourth-order valence-electron chi connectivity index (χ4n) is 3.20. The predicted octanol–water partition coefficient (Wildman–Crippen LogP) is 2.58. The second-order valence-electron chi connectivity index (χ2n) is 10.6. The van der Waals surface area contributed by atoms with Crippen LogP contribution in [0.3, 0.4) is 0 Å². The van der Waals surface area contributed by atoms with Crippen LogP contribution >= 0.6 is 0 Å². The van der Waals surface area contributed by atoms with Gasteiger partial charge in [-0.25, -0.2) is 9.59 Å². The second kappa shape index (κ2) is 12.5. The number of esters is 2. The molecule has 2 rings (SSSR count). The molecule has 1 aliphatic rings. The first-order valence-electron chi connectivity index (χ1n) is 12.1. The number of carbonyl (C=O) groups excluding carboxylic acids is 6. The minimum Gasteiger partial charge on any atom is -0.459 e. The van der Waals surface area contributed by atoms with Gasteiger partial charge in [0.05, 0.1) is 0 Å². The van der Waals surface area contributed by atoms with Crippen LogP contribution in [0.4, 0.5) is 4.79 Å². The lowest BCUT2D eigenvalue weighted by atomic mass is 9.99. The Morgan fingerprint density at radius 2 is 1.34 bits per heavy atom. The number of hydrogen-bond acceptors (Lipinski definition) is 10. The highest BCUT2D eigenvalue weighted by molar-refractivity contribution is 6.02. The molecule has 0 unspecified atom stereocenters. The van der Waals surface area contributed by atoms with Gasteiger partial charge in [-0.05, 0) is 47.1 Å². The lowest BCUT2D eigenvalue weighted by Gasteiger charge is -2.28. The molecule has 0 spiro atoms. The maximum Gasteiger partial charge on any atom is 0.408 e. The molecular weight excluding hydrogens is 500 g/mol. The predicted molar refractivity (Wildman–Crippen MR) is 131 cm³/mol. The third kappa shape index (κ3) is 9.83. The number of ether oxygens (including phenoxy) is 3. The van der Waals surface area contributed by atoms with Crippen molar-refractivity contribution >= 4 is 35.8 Å². The Labute approximate surface area is 220 Å². The molecule has 208 valence electrons. The van der Waals surface area contributed by atoms with Crippen LogP contribution in [0.5, 0.6) is 0 Å². The molecule has 0 aromatic heterocycles. The van der Waals surface area contributed by atoms with Gasteiger partial charge in [0, 0.05) is 19.3 Å². The van der Waals surface area contributed by atoms with Crippen molar-refractivity contribution in [1.29, 1.82) is 0 Å². The molecule has 3 amide bonds. The van der Waals surface area contributed by atoms with E-state index in [0.29, 0.717) is 10.6 Å². The summed E-state index contributed by atoms with van der Waals surface area (Å²) in [6.45, 7) is 9.40. The molecule has 1 N–H and O–H groups in total. The van der Waals surface area contributed by atoms with E-state index in [9.17, 15) is 28.8 Å². The van der Waals surface area contributed by atoms with Crippen molar-refractivity contribution in [3.63, 3.8) is 0 Å².